The van der Waals surface area contributed by atoms with Crippen LogP contribution in [0.15, 0.2) is 29.2 Å². The van der Waals surface area contributed by atoms with Crippen LogP contribution < -0.4 is 0 Å². The molecule has 65 valence electrons. The Morgan fingerprint density at radius 3 is 1.92 bits per heavy atom. The molecule has 1 aromatic rings. The second kappa shape index (κ2) is 4.05. The van der Waals surface area contributed by atoms with Gasteiger partial charge in [-0.3, -0.25) is 4.55 Å². The summed E-state index contributed by atoms with van der Waals surface area (Å²) in [5.41, 5.74) is 0.956. The summed E-state index contributed by atoms with van der Waals surface area (Å²) in [6.45, 7) is 1.84. The van der Waals surface area contributed by atoms with E-state index < -0.39 is 10.1 Å². The van der Waals surface area contributed by atoms with E-state index in [0.29, 0.717) is 0 Å². The molecule has 1 radical (unpaired) electrons. The molecule has 0 atom stereocenters. The van der Waals surface area contributed by atoms with Crippen LogP contribution in [0, 0.1) is 6.92 Å². The number of aryl methyl sites for hydroxylation is 1. The Labute approximate surface area is 82.0 Å². The van der Waals surface area contributed by atoms with Gasteiger partial charge in [-0.2, -0.15) is 8.42 Å². The smallest absolute Gasteiger partial charge is 0.282 e. The standard InChI is InChI=1S/C7H8O3S.Fe/c1-6-2-4-7(5-3-6)11(8,9)10;/h2-5H,1H3,(H,8,9,10);/q;+3. The first-order valence-corrected chi connectivity index (χ1v) is 4.48. The Hall–Kier alpha value is -0.351. The first kappa shape index (κ1) is 11.6. The Morgan fingerprint density at radius 2 is 1.58 bits per heavy atom. The maximum atomic E-state index is 10.5. The van der Waals surface area contributed by atoms with Gasteiger partial charge in [0, 0.05) is 0 Å². The fraction of sp³-hybridized carbons (Fsp3) is 0.143. The molecule has 1 rings (SSSR count). The van der Waals surface area contributed by atoms with Crippen LogP contribution >= 0.6 is 0 Å². The summed E-state index contributed by atoms with van der Waals surface area (Å²) >= 11 is 0. The number of rotatable bonds is 1. The Morgan fingerprint density at radius 1 is 1.17 bits per heavy atom. The van der Waals surface area contributed by atoms with E-state index in [4.69, 9.17) is 4.55 Å². The van der Waals surface area contributed by atoms with Gasteiger partial charge in [0.15, 0.2) is 0 Å². The van der Waals surface area contributed by atoms with Crippen molar-refractivity contribution in [2.75, 3.05) is 0 Å². The first-order chi connectivity index (χ1) is 5.00. The predicted molar refractivity (Wildman–Crippen MR) is 41.0 cm³/mol. The van der Waals surface area contributed by atoms with Gasteiger partial charge in [-0.1, -0.05) is 17.7 Å². The van der Waals surface area contributed by atoms with Gasteiger partial charge >= 0.3 is 17.1 Å². The summed E-state index contributed by atoms with van der Waals surface area (Å²) < 4.78 is 29.6. The van der Waals surface area contributed by atoms with Crippen LogP contribution in [0.2, 0.25) is 0 Å². The third-order valence-electron chi connectivity index (χ3n) is 1.32. The minimum absolute atomic E-state index is 0. The molecule has 5 heteroatoms. The minimum Gasteiger partial charge on any atom is -0.282 e. The van der Waals surface area contributed by atoms with Crippen LogP contribution in [0.5, 0.6) is 0 Å². The zero-order valence-electron chi connectivity index (χ0n) is 6.33. The van der Waals surface area contributed by atoms with Gasteiger partial charge in [0.25, 0.3) is 10.1 Å². The van der Waals surface area contributed by atoms with Crippen molar-refractivity contribution in [1.82, 2.24) is 0 Å². The zero-order valence-corrected chi connectivity index (χ0v) is 8.26. The quantitative estimate of drug-likeness (QED) is 0.581. The van der Waals surface area contributed by atoms with Crippen LogP contribution in [0.1, 0.15) is 5.56 Å². The van der Waals surface area contributed by atoms with Crippen molar-refractivity contribution < 1.29 is 30.0 Å². The van der Waals surface area contributed by atoms with E-state index in [-0.39, 0.29) is 22.0 Å². The molecule has 0 spiro atoms. The van der Waals surface area contributed by atoms with E-state index in [1.54, 1.807) is 12.1 Å². The molecule has 1 N–H and O–H groups in total. The monoisotopic (exact) mass is 228 g/mol. The molecule has 0 heterocycles. The summed E-state index contributed by atoms with van der Waals surface area (Å²) in [5, 5.41) is 0. The Kier molecular flexibility index (Phi) is 3.93. The zero-order chi connectivity index (χ0) is 8.48. The summed E-state index contributed by atoms with van der Waals surface area (Å²) in [5.74, 6) is 0. The molecule has 0 unspecified atom stereocenters. The average molecular weight is 228 g/mol. The molecule has 0 aromatic heterocycles. The number of hydrogen-bond donors (Lipinski definition) is 1. The van der Waals surface area contributed by atoms with Crippen molar-refractivity contribution >= 4 is 10.1 Å². The van der Waals surface area contributed by atoms with Crippen LogP contribution in [-0.2, 0) is 27.2 Å². The van der Waals surface area contributed by atoms with E-state index >= 15 is 0 Å². The van der Waals surface area contributed by atoms with E-state index in [1.807, 2.05) is 6.92 Å². The molecule has 3 nitrogen and oxygen atoms in total. The molecule has 0 aliphatic rings. The van der Waals surface area contributed by atoms with Crippen LogP contribution in [0.3, 0.4) is 0 Å². The van der Waals surface area contributed by atoms with E-state index in [9.17, 15) is 8.42 Å². The number of benzene rings is 1. The molecule has 0 fully saturated rings. The maximum Gasteiger partial charge on any atom is 3.00 e. The fourth-order valence-electron chi connectivity index (χ4n) is 0.710. The van der Waals surface area contributed by atoms with Crippen LogP contribution in [-0.4, -0.2) is 13.0 Å². The van der Waals surface area contributed by atoms with Gasteiger partial charge in [-0.15, -0.1) is 0 Å². The third-order valence-corrected chi connectivity index (χ3v) is 2.19. The SMILES string of the molecule is Cc1ccc(S(=O)(=O)O)cc1.[Fe+3]. The molecule has 1 aromatic carbocycles. The molecule has 12 heavy (non-hydrogen) atoms. The van der Waals surface area contributed by atoms with Crippen molar-refractivity contribution in [2.45, 2.75) is 11.8 Å². The molecule has 0 amide bonds. The first-order valence-electron chi connectivity index (χ1n) is 3.04. The van der Waals surface area contributed by atoms with Crippen molar-refractivity contribution in [3.05, 3.63) is 29.8 Å². The van der Waals surface area contributed by atoms with E-state index in [1.165, 1.54) is 12.1 Å². The van der Waals surface area contributed by atoms with Crippen LogP contribution in [0.25, 0.3) is 0 Å². The summed E-state index contributed by atoms with van der Waals surface area (Å²) in [6, 6.07) is 5.99. The summed E-state index contributed by atoms with van der Waals surface area (Å²) in [4.78, 5) is -0.0666. The van der Waals surface area contributed by atoms with Gasteiger partial charge in [-0.05, 0) is 19.1 Å². The van der Waals surface area contributed by atoms with Gasteiger partial charge in [0.1, 0.15) is 0 Å². The van der Waals surface area contributed by atoms with Gasteiger partial charge in [0.2, 0.25) is 0 Å². The topological polar surface area (TPSA) is 54.4 Å². The third kappa shape index (κ3) is 2.95. The average Bonchev–Trinajstić information content (AvgIpc) is 1.86. The molecule has 0 aliphatic carbocycles. The Balaban J connectivity index is 0.00000121. The van der Waals surface area contributed by atoms with Crippen molar-refractivity contribution in [3.63, 3.8) is 0 Å². The second-order valence-electron chi connectivity index (χ2n) is 2.29. The van der Waals surface area contributed by atoms with Gasteiger partial charge < -0.3 is 0 Å². The largest absolute Gasteiger partial charge is 3.00 e. The molecular weight excluding hydrogens is 220 g/mol. The number of hydrogen-bond acceptors (Lipinski definition) is 2. The molecule has 0 saturated heterocycles. The van der Waals surface area contributed by atoms with Gasteiger partial charge in [-0.25, -0.2) is 0 Å². The molecule has 0 aliphatic heterocycles. The predicted octanol–water partition coefficient (Wildman–Crippen LogP) is 1.24. The maximum absolute atomic E-state index is 10.5. The summed E-state index contributed by atoms with van der Waals surface area (Å²) in [6.07, 6.45) is 0. The molecule has 0 saturated carbocycles. The fourth-order valence-corrected chi connectivity index (χ4v) is 1.19. The van der Waals surface area contributed by atoms with E-state index in [2.05, 4.69) is 0 Å². The second-order valence-corrected chi connectivity index (χ2v) is 3.71. The minimum atomic E-state index is -4.02. The Bertz CT molecular complexity index is 341. The summed E-state index contributed by atoms with van der Waals surface area (Å²) in [7, 11) is -4.02. The van der Waals surface area contributed by atoms with Gasteiger partial charge in [0.05, 0.1) is 4.90 Å². The van der Waals surface area contributed by atoms with Crippen molar-refractivity contribution in [1.29, 1.82) is 0 Å². The van der Waals surface area contributed by atoms with E-state index in [0.717, 1.165) is 5.56 Å². The van der Waals surface area contributed by atoms with Crippen molar-refractivity contribution in [3.8, 4) is 0 Å². The molecule has 0 bridgehead atoms. The van der Waals surface area contributed by atoms with Crippen LogP contribution in [0.4, 0.5) is 0 Å². The normalized spacial score (nSPS) is 10.5. The molecular formula is C7H8FeO3S+3. The van der Waals surface area contributed by atoms with Crippen molar-refractivity contribution in [2.24, 2.45) is 0 Å².